The zero-order valence-electron chi connectivity index (χ0n) is 20.6. The lowest BCUT2D eigenvalue weighted by molar-refractivity contribution is 0.133. The minimum Gasteiger partial charge on any atom is -0.377 e. The molecule has 4 heterocycles. The van der Waals surface area contributed by atoms with Crippen molar-refractivity contribution in [1.29, 1.82) is 0 Å². The highest BCUT2D eigenvalue weighted by Crippen LogP contribution is 2.19. The van der Waals surface area contributed by atoms with Gasteiger partial charge in [0.1, 0.15) is 18.3 Å². The highest BCUT2D eigenvalue weighted by molar-refractivity contribution is 7.89. The molecule has 0 spiro atoms. The first-order chi connectivity index (χ1) is 17.6. The molecule has 4 rings (SSSR count). The van der Waals surface area contributed by atoms with Crippen LogP contribution in [0.2, 0.25) is 0 Å². The normalized spacial score (nSPS) is 15.8. The van der Waals surface area contributed by atoms with Crippen LogP contribution >= 0.6 is 0 Å². The second kappa shape index (κ2) is 11.2. The van der Waals surface area contributed by atoms with Crippen LogP contribution in [0.25, 0.3) is 11.0 Å². The average molecular weight is 557 g/mol. The molecule has 3 aromatic rings. The van der Waals surface area contributed by atoms with Gasteiger partial charge in [0.2, 0.25) is 16.0 Å². The van der Waals surface area contributed by atoms with Crippen LogP contribution in [0.3, 0.4) is 0 Å². The van der Waals surface area contributed by atoms with Gasteiger partial charge in [0, 0.05) is 50.9 Å². The molecule has 14 nitrogen and oxygen atoms in total. The Kier molecular flexibility index (Phi) is 8.20. The van der Waals surface area contributed by atoms with Gasteiger partial charge in [-0.05, 0) is 32.3 Å². The molecule has 0 unspecified atom stereocenters. The first kappa shape index (κ1) is 27.1. The van der Waals surface area contributed by atoms with Gasteiger partial charge in [-0.1, -0.05) is 0 Å². The minimum atomic E-state index is -3.71. The van der Waals surface area contributed by atoms with Gasteiger partial charge in [0.05, 0.1) is 18.6 Å². The van der Waals surface area contributed by atoms with Gasteiger partial charge in [-0.3, -0.25) is 9.36 Å². The number of ether oxygens (including phenoxy) is 1. The zero-order valence-corrected chi connectivity index (χ0v) is 22.3. The fourth-order valence-corrected chi connectivity index (χ4v) is 6.10. The van der Waals surface area contributed by atoms with Crippen LogP contribution in [0.15, 0.2) is 29.7 Å². The van der Waals surface area contributed by atoms with E-state index in [-0.39, 0.29) is 38.4 Å². The van der Waals surface area contributed by atoms with Gasteiger partial charge in [0.15, 0.2) is 0 Å². The van der Waals surface area contributed by atoms with Crippen molar-refractivity contribution in [3.05, 3.63) is 40.8 Å². The van der Waals surface area contributed by atoms with Crippen LogP contribution in [-0.4, -0.2) is 87.6 Å². The predicted octanol–water partition coefficient (Wildman–Crippen LogP) is 0.270. The van der Waals surface area contributed by atoms with Crippen LogP contribution < -0.4 is 10.9 Å². The minimum absolute atomic E-state index is 0. The number of hydrogen-bond donors (Lipinski definition) is 1. The van der Waals surface area contributed by atoms with Crippen LogP contribution in [0.4, 0.5) is 5.95 Å². The van der Waals surface area contributed by atoms with Crippen LogP contribution in [0, 0.1) is 0 Å². The van der Waals surface area contributed by atoms with E-state index in [1.165, 1.54) is 15.1 Å². The molecular weight excluding hydrogens is 524 g/mol. The van der Waals surface area contributed by atoms with Crippen molar-refractivity contribution >= 4 is 37.0 Å². The van der Waals surface area contributed by atoms with E-state index in [9.17, 15) is 21.6 Å². The molecule has 0 radical (unpaired) electrons. The van der Waals surface area contributed by atoms with E-state index in [0.717, 1.165) is 16.7 Å². The summed E-state index contributed by atoms with van der Waals surface area (Å²) in [4.78, 5) is 25.9. The van der Waals surface area contributed by atoms with Crippen molar-refractivity contribution in [3.8, 4) is 0 Å². The Morgan fingerprint density at radius 2 is 1.97 bits per heavy atom. The smallest absolute Gasteiger partial charge is 0.257 e. The summed E-state index contributed by atoms with van der Waals surface area (Å²) < 4.78 is 57.6. The monoisotopic (exact) mass is 556 g/mol. The molecule has 16 heteroatoms. The maximum Gasteiger partial charge on any atom is 0.257 e. The highest BCUT2D eigenvalue weighted by Gasteiger charge is 2.25. The van der Waals surface area contributed by atoms with E-state index in [4.69, 9.17) is 4.74 Å². The largest absolute Gasteiger partial charge is 0.377 e. The topological polar surface area (TPSA) is 171 Å². The van der Waals surface area contributed by atoms with Crippen LogP contribution in [0.1, 0.15) is 33.2 Å². The number of nitrogens with zero attached hydrogens (tertiary/aromatic N) is 7. The summed E-state index contributed by atoms with van der Waals surface area (Å²) in [6.45, 7) is 3.28. The average Bonchev–Trinajstić information content (AvgIpc) is 3.40. The summed E-state index contributed by atoms with van der Waals surface area (Å²) in [5.41, 5.74) is 0.477. The third-order valence-electron chi connectivity index (χ3n) is 6.09. The summed E-state index contributed by atoms with van der Waals surface area (Å²) in [6, 6.07) is 1.66. The van der Waals surface area contributed by atoms with Crippen molar-refractivity contribution in [1.82, 2.24) is 33.0 Å². The molecule has 1 fully saturated rings. The molecule has 1 saturated heterocycles. The Labute approximate surface area is 216 Å². The Balaban J connectivity index is 0.00000400. The van der Waals surface area contributed by atoms with E-state index in [1.54, 1.807) is 12.3 Å². The second-order valence-corrected chi connectivity index (χ2v) is 12.7. The number of piperidine rings is 1. The van der Waals surface area contributed by atoms with Gasteiger partial charge >= 0.3 is 0 Å². The van der Waals surface area contributed by atoms with Crippen molar-refractivity contribution in [3.63, 3.8) is 0 Å². The molecule has 0 atom stereocenters. The number of fused-ring (bicyclic) bond motifs is 1. The van der Waals surface area contributed by atoms with E-state index < -0.39 is 20.0 Å². The summed E-state index contributed by atoms with van der Waals surface area (Å²) in [5, 5.41) is 7.54. The molecule has 3 aromatic heterocycles. The third-order valence-corrected chi connectivity index (χ3v) is 8.95. The molecule has 0 bridgehead atoms. The van der Waals surface area contributed by atoms with E-state index in [0.29, 0.717) is 55.1 Å². The Morgan fingerprint density at radius 3 is 2.62 bits per heavy atom. The number of pyridine rings is 1. The van der Waals surface area contributed by atoms with Crippen molar-refractivity contribution in [2.75, 3.05) is 37.0 Å². The molecule has 0 amide bonds. The summed E-state index contributed by atoms with van der Waals surface area (Å²) in [6.07, 6.45) is 6.39. The van der Waals surface area contributed by atoms with E-state index in [1.807, 2.05) is 6.92 Å². The Bertz CT molecular complexity index is 1500. The Hall–Kier alpha value is -2.95. The quantitative estimate of drug-likeness (QED) is 0.344. The summed E-state index contributed by atoms with van der Waals surface area (Å²) in [5.74, 6) is 0.0704. The number of sulfonamides is 1. The maximum absolute atomic E-state index is 13.3. The number of aryl methyl sites for hydroxylation is 1. The van der Waals surface area contributed by atoms with Gasteiger partial charge < -0.3 is 10.1 Å². The maximum atomic E-state index is 13.3. The number of nitrogens with one attached hydrogen (secondary N) is 1. The third kappa shape index (κ3) is 6.49. The predicted molar refractivity (Wildman–Crippen MR) is 138 cm³/mol. The highest BCUT2D eigenvalue weighted by atomic mass is 32.2. The van der Waals surface area contributed by atoms with Gasteiger partial charge in [-0.25, -0.2) is 31.1 Å². The van der Waals surface area contributed by atoms with Gasteiger partial charge in [-0.2, -0.15) is 4.98 Å². The van der Waals surface area contributed by atoms with Crippen molar-refractivity contribution < 1.29 is 23.0 Å². The molecule has 0 saturated carbocycles. The van der Waals surface area contributed by atoms with E-state index in [2.05, 4.69) is 25.4 Å². The molecule has 1 aliphatic rings. The number of rotatable bonds is 11. The second-order valence-electron chi connectivity index (χ2n) is 8.75. The fraction of sp³-hybridized carbons (Fsp3) is 0.571. The standard InChI is InChI=1S/C21H30N8O6S2.H2/c1-3-35-13-17-11-16-12-23-21(25-18-5-8-27(9-6-18)36(2,31)32)26-19(16)28(20(17)30)7-4-10-37(33,34)29-15-22-14-24-29;/h11-12,14-15,18H,3-10,13H2,1-2H3,(H,23,25,26);1H. The first-order valence-corrected chi connectivity index (χ1v) is 15.3. The lowest BCUT2D eigenvalue weighted by Gasteiger charge is -2.30. The molecule has 1 aliphatic heterocycles. The fourth-order valence-electron chi connectivity index (χ4n) is 4.17. The van der Waals surface area contributed by atoms with Crippen molar-refractivity contribution in [2.45, 2.75) is 45.4 Å². The van der Waals surface area contributed by atoms with Crippen LogP contribution in [0.5, 0.6) is 0 Å². The number of aromatic nitrogens is 6. The van der Waals surface area contributed by atoms with Crippen LogP contribution in [-0.2, 0) is 37.9 Å². The SMILES string of the molecule is CCOCc1cc2cnc(NC3CCN(S(C)(=O)=O)CC3)nc2n(CCCS(=O)(=O)n2cncn2)c1=O.[HH]. The molecule has 204 valence electrons. The summed E-state index contributed by atoms with van der Waals surface area (Å²) in [7, 11) is -6.94. The lowest BCUT2D eigenvalue weighted by Crippen LogP contribution is -2.42. The number of hydrogen-bond acceptors (Lipinski definition) is 11. The van der Waals surface area contributed by atoms with Crippen molar-refractivity contribution in [2.24, 2.45) is 0 Å². The Morgan fingerprint density at radius 1 is 1.22 bits per heavy atom. The number of anilines is 1. The van der Waals surface area contributed by atoms with Gasteiger partial charge in [-0.15, -0.1) is 9.19 Å². The zero-order chi connectivity index (χ0) is 26.6. The lowest BCUT2D eigenvalue weighted by atomic mass is 10.1. The molecule has 37 heavy (non-hydrogen) atoms. The molecule has 1 N–H and O–H groups in total. The summed E-state index contributed by atoms with van der Waals surface area (Å²) >= 11 is 0. The molecular formula is C21H32N8O6S2. The first-order valence-electron chi connectivity index (χ1n) is 11.8. The molecule has 0 aromatic carbocycles. The van der Waals surface area contributed by atoms with E-state index >= 15 is 0 Å². The van der Waals surface area contributed by atoms with Gasteiger partial charge in [0.25, 0.3) is 15.6 Å². The molecule has 0 aliphatic carbocycles.